The highest BCUT2D eigenvalue weighted by atomic mass is 19.1. The molecule has 1 heterocycles. The van der Waals surface area contributed by atoms with Crippen LogP contribution in [0.5, 0.6) is 0 Å². The molecule has 1 unspecified atom stereocenters. The predicted molar refractivity (Wildman–Crippen MR) is 92.7 cm³/mol. The minimum Gasteiger partial charge on any atom is -0.297 e. The lowest BCUT2D eigenvalue weighted by atomic mass is 9.78. The standard InChI is InChI=1S/C20H30FN/c1-16(2)14-19(22-12-6-5-7-13-22)15-20(3,4)17-8-10-18(21)11-9-17/h8-11,14,19H,5-7,12-13,15H2,1-4H3. The Bertz CT molecular complexity index is 491. The van der Waals surface area contributed by atoms with Gasteiger partial charge in [-0.15, -0.1) is 0 Å². The summed E-state index contributed by atoms with van der Waals surface area (Å²) in [4.78, 5) is 2.63. The van der Waals surface area contributed by atoms with E-state index in [1.54, 1.807) is 12.1 Å². The molecule has 2 heteroatoms. The molecule has 2 rings (SSSR count). The van der Waals surface area contributed by atoms with Gasteiger partial charge in [-0.1, -0.05) is 44.1 Å². The number of allylic oxidation sites excluding steroid dienone is 1. The molecule has 1 aromatic carbocycles. The summed E-state index contributed by atoms with van der Waals surface area (Å²) < 4.78 is 13.2. The van der Waals surface area contributed by atoms with Gasteiger partial charge >= 0.3 is 0 Å². The molecule has 0 spiro atoms. The molecule has 0 radical (unpaired) electrons. The van der Waals surface area contributed by atoms with E-state index < -0.39 is 0 Å². The van der Waals surface area contributed by atoms with Gasteiger partial charge in [-0.05, 0) is 69.3 Å². The van der Waals surface area contributed by atoms with Crippen molar-refractivity contribution in [3.8, 4) is 0 Å². The van der Waals surface area contributed by atoms with Crippen LogP contribution in [-0.4, -0.2) is 24.0 Å². The van der Waals surface area contributed by atoms with Crippen molar-refractivity contribution in [1.29, 1.82) is 0 Å². The fourth-order valence-corrected chi connectivity index (χ4v) is 3.47. The second kappa shape index (κ2) is 7.41. The molecule has 122 valence electrons. The van der Waals surface area contributed by atoms with E-state index in [4.69, 9.17) is 0 Å². The van der Waals surface area contributed by atoms with E-state index in [1.165, 1.54) is 43.5 Å². The summed E-state index contributed by atoms with van der Waals surface area (Å²) in [6, 6.07) is 7.50. The van der Waals surface area contributed by atoms with Gasteiger partial charge in [0.1, 0.15) is 5.82 Å². The molecule has 0 aromatic heterocycles. The molecule has 0 saturated carbocycles. The fourth-order valence-electron chi connectivity index (χ4n) is 3.47. The van der Waals surface area contributed by atoms with Crippen molar-refractivity contribution in [3.63, 3.8) is 0 Å². The van der Waals surface area contributed by atoms with Crippen molar-refractivity contribution >= 4 is 0 Å². The zero-order chi connectivity index (χ0) is 16.2. The van der Waals surface area contributed by atoms with Gasteiger partial charge < -0.3 is 0 Å². The highest BCUT2D eigenvalue weighted by molar-refractivity contribution is 5.25. The second-order valence-corrected chi connectivity index (χ2v) is 7.50. The molecule has 0 bridgehead atoms. The van der Waals surface area contributed by atoms with Crippen LogP contribution in [0, 0.1) is 5.82 Å². The maximum Gasteiger partial charge on any atom is 0.123 e. The molecule has 1 nitrogen and oxygen atoms in total. The number of hydrogen-bond donors (Lipinski definition) is 0. The van der Waals surface area contributed by atoms with E-state index in [2.05, 4.69) is 38.7 Å². The third kappa shape index (κ3) is 4.67. The first-order valence-corrected chi connectivity index (χ1v) is 8.53. The first-order chi connectivity index (χ1) is 10.4. The number of rotatable bonds is 5. The fraction of sp³-hybridized carbons (Fsp3) is 0.600. The Morgan fingerprint density at radius 2 is 1.73 bits per heavy atom. The van der Waals surface area contributed by atoms with Gasteiger partial charge in [-0.3, -0.25) is 4.90 Å². The summed E-state index contributed by atoms with van der Waals surface area (Å²) in [5, 5.41) is 0. The summed E-state index contributed by atoms with van der Waals surface area (Å²) >= 11 is 0. The van der Waals surface area contributed by atoms with Gasteiger partial charge in [0.2, 0.25) is 0 Å². The number of hydrogen-bond acceptors (Lipinski definition) is 1. The van der Waals surface area contributed by atoms with Crippen LogP contribution >= 0.6 is 0 Å². The Hall–Kier alpha value is -1.15. The second-order valence-electron chi connectivity index (χ2n) is 7.50. The molecular weight excluding hydrogens is 273 g/mol. The van der Waals surface area contributed by atoms with Crippen LogP contribution in [0.25, 0.3) is 0 Å². The molecular formula is C20H30FN. The van der Waals surface area contributed by atoms with E-state index in [9.17, 15) is 4.39 Å². The topological polar surface area (TPSA) is 3.24 Å². The number of nitrogens with zero attached hydrogens (tertiary/aromatic N) is 1. The van der Waals surface area contributed by atoms with E-state index in [0.29, 0.717) is 6.04 Å². The zero-order valence-corrected chi connectivity index (χ0v) is 14.5. The summed E-state index contributed by atoms with van der Waals surface area (Å²) in [6.07, 6.45) is 7.47. The van der Waals surface area contributed by atoms with Crippen molar-refractivity contribution in [3.05, 3.63) is 47.3 Å². The van der Waals surface area contributed by atoms with E-state index >= 15 is 0 Å². The summed E-state index contributed by atoms with van der Waals surface area (Å²) in [7, 11) is 0. The van der Waals surface area contributed by atoms with Crippen LogP contribution in [0.15, 0.2) is 35.9 Å². The van der Waals surface area contributed by atoms with Crippen LogP contribution in [0.2, 0.25) is 0 Å². The summed E-state index contributed by atoms with van der Waals surface area (Å²) in [5.41, 5.74) is 2.64. The van der Waals surface area contributed by atoms with Crippen LogP contribution in [0.1, 0.15) is 58.9 Å². The van der Waals surface area contributed by atoms with Crippen molar-refractivity contribution in [2.75, 3.05) is 13.1 Å². The van der Waals surface area contributed by atoms with Crippen LogP contribution < -0.4 is 0 Å². The lowest BCUT2D eigenvalue weighted by Crippen LogP contribution is -2.41. The van der Waals surface area contributed by atoms with Gasteiger partial charge in [0.05, 0.1) is 0 Å². The number of benzene rings is 1. The average Bonchev–Trinajstić information content (AvgIpc) is 2.47. The third-order valence-corrected chi connectivity index (χ3v) is 4.73. The molecule has 1 saturated heterocycles. The smallest absolute Gasteiger partial charge is 0.123 e. The molecule has 22 heavy (non-hydrogen) atoms. The molecule has 0 N–H and O–H groups in total. The summed E-state index contributed by atoms with van der Waals surface area (Å²) in [6.45, 7) is 11.3. The number of piperidine rings is 1. The Morgan fingerprint density at radius 1 is 1.14 bits per heavy atom. The maximum atomic E-state index is 13.2. The Morgan fingerprint density at radius 3 is 2.27 bits per heavy atom. The van der Waals surface area contributed by atoms with Crippen LogP contribution in [0.4, 0.5) is 4.39 Å². The lowest BCUT2D eigenvalue weighted by molar-refractivity contribution is 0.166. The quantitative estimate of drug-likeness (QED) is 0.666. The van der Waals surface area contributed by atoms with Gasteiger partial charge in [0.25, 0.3) is 0 Å². The van der Waals surface area contributed by atoms with Crippen molar-refractivity contribution in [1.82, 2.24) is 4.90 Å². The third-order valence-electron chi connectivity index (χ3n) is 4.73. The van der Waals surface area contributed by atoms with E-state index in [-0.39, 0.29) is 11.2 Å². The van der Waals surface area contributed by atoms with E-state index in [0.717, 1.165) is 6.42 Å². The highest BCUT2D eigenvalue weighted by Crippen LogP contribution is 2.31. The van der Waals surface area contributed by atoms with Crippen molar-refractivity contribution in [2.24, 2.45) is 0 Å². The Kier molecular flexibility index (Phi) is 5.80. The molecule has 1 aliphatic rings. The molecule has 1 aliphatic heterocycles. The van der Waals surface area contributed by atoms with Gasteiger partial charge in [0, 0.05) is 6.04 Å². The Balaban J connectivity index is 2.17. The maximum absolute atomic E-state index is 13.2. The lowest BCUT2D eigenvalue weighted by Gasteiger charge is -2.38. The molecule has 0 aliphatic carbocycles. The molecule has 1 fully saturated rings. The van der Waals surface area contributed by atoms with Gasteiger partial charge in [0.15, 0.2) is 0 Å². The minimum absolute atomic E-state index is 0.0434. The minimum atomic E-state index is -0.156. The van der Waals surface area contributed by atoms with Gasteiger partial charge in [-0.2, -0.15) is 0 Å². The SMILES string of the molecule is CC(C)=CC(CC(C)(C)c1ccc(F)cc1)N1CCCCC1. The largest absolute Gasteiger partial charge is 0.297 e. The molecule has 1 aromatic rings. The molecule has 0 amide bonds. The van der Waals surface area contributed by atoms with Gasteiger partial charge in [-0.25, -0.2) is 4.39 Å². The normalized spacial score (nSPS) is 18.0. The monoisotopic (exact) mass is 303 g/mol. The van der Waals surface area contributed by atoms with Crippen molar-refractivity contribution < 1.29 is 4.39 Å². The van der Waals surface area contributed by atoms with E-state index in [1.807, 2.05) is 12.1 Å². The predicted octanol–water partition coefficient (Wildman–Crippen LogP) is 5.31. The number of likely N-dealkylation sites (tertiary alicyclic amines) is 1. The Labute approximate surface area is 135 Å². The van der Waals surface area contributed by atoms with Crippen LogP contribution in [0.3, 0.4) is 0 Å². The highest BCUT2D eigenvalue weighted by Gasteiger charge is 2.28. The average molecular weight is 303 g/mol. The zero-order valence-electron chi connectivity index (χ0n) is 14.5. The first-order valence-electron chi connectivity index (χ1n) is 8.53. The first kappa shape index (κ1) is 17.2. The number of halogens is 1. The van der Waals surface area contributed by atoms with Crippen molar-refractivity contribution in [2.45, 2.75) is 64.8 Å². The summed E-state index contributed by atoms with van der Waals surface area (Å²) in [5.74, 6) is -0.156. The molecule has 1 atom stereocenters. The van der Waals surface area contributed by atoms with Crippen LogP contribution in [-0.2, 0) is 5.41 Å².